The van der Waals surface area contributed by atoms with Gasteiger partial charge in [0.2, 0.25) is 0 Å². The van der Waals surface area contributed by atoms with Gasteiger partial charge in [-0.3, -0.25) is 0 Å². The largest absolute Gasteiger partial charge is 0.138 e. The van der Waals surface area contributed by atoms with Crippen molar-refractivity contribution in [3.8, 4) is 0 Å². The normalized spacial score (nSPS) is 35.2. The summed E-state index contributed by atoms with van der Waals surface area (Å²) in [6, 6.07) is 0. The predicted molar refractivity (Wildman–Crippen MR) is 176 cm³/mol. The quantitative estimate of drug-likeness (QED) is 0.0801. The molecule has 2 aliphatic carbocycles. The standard InChI is InChI=1S/C34H66IP/c1-10-13-23(5)33-25(7)26(8)34(33)29(12-3)19-24(6)32(21-35)31-20-30(27(31)9)15-14-28(11-2)18-22(4)16-17-36/h22-34H,10-21,36H2,1-9H3/t22?,23-,24-,25?,26?,27?,28?,29?,30?,31+,32?,33?,34+/m1/s1. The molecule has 0 bridgehead atoms. The van der Waals surface area contributed by atoms with Gasteiger partial charge in [-0.2, -0.15) is 0 Å². The van der Waals surface area contributed by atoms with E-state index in [-0.39, 0.29) is 0 Å². The van der Waals surface area contributed by atoms with E-state index in [0.717, 1.165) is 76.9 Å². The van der Waals surface area contributed by atoms with Gasteiger partial charge in [0.05, 0.1) is 0 Å². The van der Waals surface area contributed by atoms with E-state index in [1.807, 2.05) is 0 Å². The summed E-state index contributed by atoms with van der Waals surface area (Å²) in [6.07, 6.45) is 15.7. The lowest BCUT2D eigenvalue weighted by Crippen LogP contribution is -2.51. The molecule has 2 heteroatoms. The van der Waals surface area contributed by atoms with E-state index in [9.17, 15) is 0 Å². The second kappa shape index (κ2) is 16.4. The van der Waals surface area contributed by atoms with E-state index in [2.05, 4.69) is 94.1 Å². The second-order valence-corrected chi connectivity index (χ2v) is 15.6. The van der Waals surface area contributed by atoms with Gasteiger partial charge < -0.3 is 0 Å². The molecule has 0 saturated heterocycles. The number of hydrogen-bond acceptors (Lipinski definition) is 0. The monoisotopic (exact) mass is 632 g/mol. The van der Waals surface area contributed by atoms with Crippen LogP contribution in [0.4, 0.5) is 0 Å². The van der Waals surface area contributed by atoms with E-state index in [1.54, 1.807) is 0 Å². The molecule has 214 valence electrons. The van der Waals surface area contributed by atoms with Crippen molar-refractivity contribution in [3.05, 3.63) is 0 Å². The maximum absolute atomic E-state index is 2.92. The zero-order valence-corrected chi connectivity index (χ0v) is 29.3. The summed E-state index contributed by atoms with van der Waals surface area (Å²) < 4.78 is 1.37. The number of alkyl halides is 1. The molecule has 0 aliphatic heterocycles. The molecule has 0 aromatic rings. The minimum Gasteiger partial charge on any atom is -0.138 e. The van der Waals surface area contributed by atoms with Crippen molar-refractivity contribution in [1.29, 1.82) is 0 Å². The van der Waals surface area contributed by atoms with E-state index in [1.165, 1.54) is 74.8 Å². The zero-order valence-electron chi connectivity index (χ0n) is 25.9. The molecule has 2 rings (SSSR count). The fourth-order valence-electron chi connectivity index (χ4n) is 9.27. The summed E-state index contributed by atoms with van der Waals surface area (Å²) in [4.78, 5) is 0. The minimum absolute atomic E-state index is 0.890. The first-order chi connectivity index (χ1) is 17.1. The van der Waals surface area contributed by atoms with Crippen molar-refractivity contribution in [3.63, 3.8) is 0 Å². The van der Waals surface area contributed by atoms with Crippen LogP contribution in [0.25, 0.3) is 0 Å². The van der Waals surface area contributed by atoms with Gasteiger partial charge in [0.15, 0.2) is 0 Å². The molecule has 2 fully saturated rings. The van der Waals surface area contributed by atoms with Crippen molar-refractivity contribution < 1.29 is 0 Å². The van der Waals surface area contributed by atoms with Crippen LogP contribution in [0.5, 0.6) is 0 Å². The van der Waals surface area contributed by atoms with Gasteiger partial charge in [-0.15, -0.1) is 9.24 Å². The summed E-state index contributed by atoms with van der Waals surface area (Å²) in [5.74, 6) is 12.3. The van der Waals surface area contributed by atoms with Crippen LogP contribution in [0.1, 0.15) is 127 Å². The predicted octanol–water partition coefficient (Wildman–Crippen LogP) is 11.4. The van der Waals surface area contributed by atoms with Crippen molar-refractivity contribution in [2.24, 2.45) is 76.9 Å². The van der Waals surface area contributed by atoms with Gasteiger partial charge in [-0.1, -0.05) is 117 Å². The SMILES string of the molecule is CCC[C@@H](C)C1C(C)C(C)[C@H]1C(CC)C[C@@H](C)C(CI)[C@H]1CC(CCC(CC)CC(C)CCP)C1C. The molecule has 0 N–H and O–H groups in total. The van der Waals surface area contributed by atoms with E-state index in [4.69, 9.17) is 0 Å². The van der Waals surface area contributed by atoms with Crippen molar-refractivity contribution in [1.82, 2.24) is 0 Å². The van der Waals surface area contributed by atoms with Crippen LogP contribution in [-0.4, -0.2) is 10.6 Å². The smallest absolute Gasteiger partial charge is 0.00289 e. The first-order valence-electron chi connectivity index (χ1n) is 16.4. The highest BCUT2D eigenvalue weighted by Gasteiger charge is 2.50. The first kappa shape index (κ1) is 33.4. The molecule has 2 saturated carbocycles. The summed E-state index contributed by atoms with van der Waals surface area (Å²) in [7, 11) is 2.92. The highest BCUT2D eigenvalue weighted by Crippen LogP contribution is 2.57. The van der Waals surface area contributed by atoms with Crippen LogP contribution < -0.4 is 0 Å². The summed E-state index contributed by atoms with van der Waals surface area (Å²) in [5, 5.41) is 0. The number of rotatable bonds is 18. The van der Waals surface area contributed by atoms with Crippen LogP contribution in [0.15, 0.2) is 0 Å². The van der Waals surface area contributed by atoms with Crippen molar-refractivity contribution in [2.75, 3.05) is 10.6 Å². The summed E-state index contributed by atoms with van der Waals surface area (Å²) in [5.41, 5.74) is 0. The molecule has 2 aliphatic rings. The van der Waals surface area contributed by atoms with Crippen LogP contribution in [-0.2, 0) is 0 Å². The summed E-state index contributed by atoms with van der Waals surface area (Å²) >= 11 is 2.74. The van der Waals surface area contributed by atoms with Gasteiger partial charge in [0.25, 0.3) is 0 Å². The maximum atomic E-state index is 2.92. The van der Waals surface area contributed by atoms with Crippen LogP contribution in [0.2, 0.25) is 0 Å². The van der Waals surface area contributed by atoms with E-state index >= 15 is 0 Å². The molecule has 0 radical (unpaired) electrons. The molecule has 10 unspecified atom stereocenters. The topological polar surface area (TPSA) is 0 Å². The first-order valence-corrected chi connectivity index (χ1v) is 18.7. The Balaban J connectivity index is 1.90. The Bertz CT molecular complexity index is 592. The fraction of sp³-hybridized carbons (Fsp3) is 1.00. The van der Waals surface area contributed by atoms with E-state index < -0.39 is 0 Å². The Morgan fingerprint density at radius 3 is 2.03 bits per heavy atom. The molecule has 0 aromatic carbocycles. The maximum Gasteiger partial charge on any atom is 0.00289 e. The number of hydrogen-bond donors (Lipinski definition) is 0. The molecule has 14 atom stereocenters. The highest BCUT2D eigenvalue weighted by atomic mass is 127. The number of halogens is 1. The summed E-state index contributed by atoms with van der Waals surface area (Å²) in [6.45, 7) is 22.8. The second-order valence-electron chi connectivity index (χ2n) is 14.1. The molecular weight excluding hydrogens is 566 g/mol. The minimum atomic E-state index is 0.890. The van der Waals surface area contributed by atoms with Crippen LogP contribution in [0, 0.1) is 76.9 Å². The molecule has 36 heavy (non-hydrogen) atoms. The zero-order chi connectivity index (χ0) is 27.0. The van der Waals surface area contributed by atoms with Gasteiger partial charge in [0, 0.05) is 4.43 Å². The Morgan fingerprint density at radius 1 is 0.833 bits per heavy atom. The van der Waals surface area contributed by atoms with Crippen molar-refractivity contribution >= 4 is 31.8 Å². The molecule has 0 heterocycles. The Kier molecular flexibility index (Phi) is 15.2. The van der Waals surface area contributed by atoms with Crippen molar-refractivity contribution in [2.45, 2.75) is 127 Å². The van der Waals surface area contributed by atoms with Gasteiger partial charge in [-0.25, -0.2) is 0 Å². The third-order valence-corrected chi connectivity index (χ3v) is 13.4. The molecule has 0 amide bonds. The van der Waals surface area contributed by atoms with Gasteiger partial charge >= 0.3 is 0 Å². The molecule has 0 aromatic heterocycles. The Hall–Kier alpha value is 1.16. The molecule has 0 nitrogen and oxygen atoms in total. The third-order valence-electron chi connectivity index (χ3n) is 12.0. The Morgan fingerprint density at radius 2 is 1.50 bits per heavy atom. The molecular formula is C34H66IP. The Labute approximate surface area is 244 Å². The highest BCUT2D eigenvalue weighted by molar-refractivity contribution is 14.1. The average Bonchev–Trinajstić information content (AvgIpc) is 2.85. The third kappa shape index (κ3) is 8.33. The fourth-order valence-corrected chi connectivity index (χ4v) is 11.4. The van der Waals surface area contributed by atoms with E-state index in [0.29, 0.717) is 0 Å². The molecule has 0 spiro atoms. The van der Waals surface area contributed by atoms with Gasteiger partial charge in [0.1, 0.15) is 0 Å². The van der Waals surface area contributed by atoms with Crippen LogP contribution >= 0.6 is 31.8 Å². The van der Waals surface area contributed by atoms with Gasteiger partial charge in [-0.05, 0) is 115 Å². The van der Waals surface area contributed by atoms with Crippen LogP contribution in [0.3, 0.4) is 0 Å². The lowest BCUT2D eigenvalue weighted by Gasteiger charge is -2.56. The lowest BCUT2D eigenvalue weighted by atomic mass is 9.49. The average molecular weight is 633 g/mol. The lowest BCUT2D eigenvalue weighted by molar-refractivity contribution is -0.0824.